The molecule has 1 aliphatic carbocycles. The summed E-state index contributed by atoms with van der Waals surface area (Å²) in [7, 11) is 0. The van der Waals surface area contributed by atoms with Gasteiger partial charge in [0.2, 0.25) is 5.91 Å². The fraction of sp³-hybridized carbons (Fsp3) is 0.800. The van der Waals surface area contributed by atoms with Crippen molar-refractivity contribution in [3.05, 3.63) is 11.8 Å². The van der Waals surface area contributed by atoms with E-state index in [1.807, 2.05) is 4.90 Å². The van der Waals surface area contributed by atoms with Gasteiger partial charge in [-0.25, -0.2) is 0 Å². The molecular formula is C15H27N3O. The number of hydrogen-bond donors (Lipinski definition) is 1. The van der Waals surface area contributed by atoms with Gasteiger partial charge in [-0.1, -0.05) is 6.08 Å². The van der Waals surface area contributed by atoms with Crippen molar-refractivity contribution in [1.82, 2.24) is 9.80 Å². The van der Waals surface area contributed by atoms with Crippen LogP contribution < -0.4 is 5.73 Å². The highest BCUT2D eigenvalue weighted by atomic mass is 16.2. The standard InChI is InChI=1S/C15H27N3O/c1-2-18(13-7-4-3-5-8-13)15(19)12-17-10-6-9-14(17)11-16/h7,14H,2-6,8-12,16H2,1H3. The summed E-state index contributed by atoms with van der Waals surface area (Å²) in [5.41, 5.74) is 7.01. The van der Waals surface area contributed by atoms with Crippen molar-refractivity contribution in [2.24, 2.45) is 5.73 Å². The maximum atomic E-state index is 12.5. The molecule has 4 nitrogen and oxygen atoms in total. The molecule has 0 aromatic rings. The molecule has 0 aromatic heterocycles. The van der Waals surface area contributed by atoms with Crippen LogP contribution in [0.15, 0.2) is 11.8 Å². The minimum Gasteiger partial charge on any atom is -0.329 e. The number of carbonyl (C=O) groups excluding carboxylic acids is 1. The lowest BCUT2D eigenvalue weighted by atomic mass is 10.0. The highest BCUT2D eigenvalue weighted by Gasteiger charge is 2.27. The SMILES string of the molecule is CCN(C(=O)CN1CCCC1CN)C1=CCCCC1. The highest BCUT2D eigenvalue weighted by Crippen LogP contribution is 2.22. The third-order valence-corrected chi connectivity index (χ3v) is 4.34. The fourth-order valence-electron chi connectivity index (χ4n) is 3.24. The topological polar surface area (TPSA) is 49.6 Å². The first-order valence-electron chi connectivity index (χ1n) is 7.69. The second-order valence-electron chi connectivity index (χ2n) is 5.58. The summed E-state index contributed by atoms with van der Waals surface area (Å²) >= 11 is 0. The predicted octanol–water partition coefficient (Wildman–Crippen LogP) is 1.72. The van der Waals surface area contributed by atoms with E-state index in [-0.39, 0.29) is 5.91 Å². The van der Waals surface area contributed by atoms with Crippen molar-refractivity contribution in [1.29, 1.82) is 0 Å². The van der Waals surface area contributed by atoms with E-state index in [1.54, 1.807) is 0 Å². The van der Waals surface area contributed by atoms with Crippen LogP contribution in [-0.4, -0.2) is 47.9 Å². The summed E-state index contributed by atoms with van der Waals surface area (Å²) < 4.78 is 0. The number of nitrogens with two attached hydrogens (primary N) is 1. The third kappa shape index (κ3) is 3.57. The Labute approximate surface area is 116 Å². The smallest absolute Gasteiger partial charge is 0.240 e. The third-order valence-electron chi connectivity index (χ3n) is 4.34. The quantitative estimate of drug-likeness (QED) is 0.823. The van der Waals surface area contributed by atoms with Crippen LogP contribution in [0.3, 0.4) is 0 Å². The Hall–Kier alpha value is -0.870. The van der Waals surface area contributed by atoms with Gasteiger partial charge in [0.25, 0.3) is 0 Å². The molecular weight excluding hydrogens is 238 g/mol. The first kappa shape index (κ1) is 14.5. The molecule has 1 heterocycles. The van der Waals surface area contributed by atoms with Gasteiger partial charge in [-0.2, -0.15) is 0 Å². The van der Waals surface area contributed by atoms with Crippen LogP contribution in [0, 0.1) is 0 Å². The lowest BCUT2D eigenvalue weighted by molar-refractivity contribution is -0.130. The monoisotopic (exact) mass is 265 g/mol. The lowest BCUT2D eigenvalue weighted by Crippen LogP contribution is -2.44. The number of likely N-dealkylation sites (tertiary alicyclic amines) is 1. The molecule has 0 spiro atoms. The number of likely N-dealkylation sites (N-methyl/N-ethyl adjacent to an activating group) is 1. The van der Waals surface area contributed by atoms with Crippen molar-refractivity contribution in [3.8, 4) is 0 Å². The predicted molar refractivity (Wildman–Crippen MR) is 77.6 cm³/mol. The van der Waals surface area contributed by atoms with Crippen LogP contribution in [0.25, 0.3) is 0 Å². The van der Waals surface area contributed by atoms with Gasteiger partial charge in [0, 0.05) is 24.8 Å². The van der Waals surface area contributed by atoms with Crippen LogP contribution in [0.4, 0.5) is 0 Å². The van der Waals surface area contributed by atoms with E-state index in [2.05, 4.69) is 17.9 Å². The molecule has 0 saturated carbocycles. The first-order valence-corrected chi connectivity index (χ1v) is 7.69. The van der Waals surface area contributed by atoms with E-state index in [9.17, 15) is 4.79 Å². The molecule has 0 aromatic carbocycles. The van der Waals surface area contributed by atoms with Gasteiger partial charge in [0.15, 0.2) is 0 Å². The number of carbonyl (C=O) groups is 1. The minimum absolute atomic E-state index is 0.246. The van der Waals surface area contributed by atoms with Gasteiger partial charge in [0.05, 0.1) is 6.54 Å². The maximum absolute atomic E-state index is 12.5. The number of nitrogens with zero attached hydrogens (tertiary/aromatic N) is 2. The summed E-state index contributed by atoms with van der Waals surface area (Å²) in [4.78, 5) is 16.7. The van der Waals surface area contributed by atoms with Crippen LogP contribution in [0.2, 0.25) is 0 Å². The van der Waals surface area contributed by atoms with Gasteiger partial charge in [-0.05, 0) is 52.0 Å². The molecule has 2 rings (SSSR count). The molecule has 1 aliphatic heterocycles. The zero-order chi connectivity index (χ0) is 13.7. The van der Waals surface area contributed by atoms with Gasteiger partial charge in [-0.3, -0.25) is 9.69 Å². The number of allylic oxidation sites excluding steroid dienone is 2. The molecule has 4 heteroatoms. The largest absolute Gasteiger partial charge is 0.329 e. The van der Waals surface area contributed by atoms with E-state index >= 15 is 0 Å². The molecule has 1 atom stereocenters. The zero-order valence-electron chi connectivity index (χ0n) is 12.1. The Morgan fingerprint density at radius 1 is 1.47 bits per heavy atom. The van der Waals surface area contributed by atoms with Gasteiger partial charge in [0.1, 0.15) is 0 Å². The van der Waals surface area contributed by atoms with Gasteiger partial charge < -0.3 is 10.6 Å². The van der Waals surface area contributed by atoms with E-state index in [0.29, 0.717) is 19.1 Å². The molecule has 2 N–H and O–H groups in total. The maximum Gasteiger partial charge on any atom is 0.240 e. The average Bonchev–Trinajstić information content (AvgIpc) is 2.88. The Morgan fingerprint density at radius 2 is 2.32 bits per heavy atom. The molecule has 1 amide bonds. The number of amides is 1. The molecule has 19 heavy (non-hydrogen) atoms. The van der Waals surface area contributed by atoms with Crippen LogP contribution in [-0.2, 0) is 4.79 Å². The second kappa shape index (κ2) is 7.06. The molecule has 0 bridgehead atoms. The van der Waals surface area contributed by atoms with E-state index in [0.717, 1.165) is 32.4 Å². The molecule has 1 saturated heterocycles. The molecule has 0 radical (unpaired) electrons. The minimum atomic E-state index is 0.246. The van der Waals surface area contributed by atoms with E-state index < -0.39 is 0 Å². The summed E-state index contributed by atoms with van der Waals surface area (Å²) in [6.07, 6.45) is 9.20. The average molecular weight is 265 g/mol. The Morgan fingerprint density at radius 3 is 2.95 bits per heavy atom. The van der Waals surface area contributed by atoms with Crippen molar-refractivity contribution in [2.45, 2.75) is 51.5 Å². The fourth-order valence-corrected chi connectivity index (χ4v) is 3.24. The second-order valence-corrected chi connectivity index (χ2v) is 5.58. The van der Waals surface area contributed by atoms with Crippen molar-refractivity contribution < 1.29 is 4.79 Å². The van der Waals surface area contributed by atoms with Crippen molar-refractivity contribution in [3.63, 3.8) is 0 Å². The number of hydrogen-bond acceptors (Lipinski definition) is 3. The van der Waals surface area contributed by atoms with Gasteiger partial charge >= 0.3 is 0 Å². The molecule has 2 aliphatic rings. The molecule has 108 valence electrons. The van der Waals surface area contributed by atoms with Crippen molar-refractivity contribution in [2.75, 3.05) is 26.2 Å². The normalized spacial score (nSPS) is 24.3. The lowest BCUT2D eigenvalue weighted by Gasteiger charge is -2.30. The summed E-state index contributed by atoms with van der Waals surface area (Å²) in [6, 6.07) is 0.406. The summed E-state index contributed by atoms with van der Waals surface area (Å²) in [6.45, 7) is 5.07. The van der Waals surface area contributed by atoms with Crippen molar-refractivity contribution >= 4 is 5.91 Å². The van der Waals surface area contributed by atoms with Crippen LogP contribution in [0.5, 0.6) is 0 Å². The Balaban J connectivity index is 1.95. The molecule has 1 unspecified atom stereocenters. The zero-order valence-corrected chi connectivity index (χ0v) is 12.1. The Kier molecular flexibility index (Phi) is 5.40. The van der Waals surface area contributed by atoms with E-state index in [1.165, 1.54) is 25.0 Å². The number of rotatable bonds is 5. The van der Waals surface area contributed by atoms with Crippen LogP contribution >= 0.6 is 0 Å². The Bertz CT molecular complexity index is 340. The van der Waals surface area contributed by atoms with Gasteiger partial charge in [-0.15, -0.1) is 0 Å². The van der Waals surface area contributed by atoms with E-state index in [4.69, 9.17) is 5.73 Å². The molecule has 1 fully saturated rings. The summed E-state index contributed by atoms with van der Waals surface area (Å²) in [5.74, 6) is 0.246. The van der Waals surface area contributed by atoms with Crippen LogP contribution in [0.1, 0.15) is 45.4 Å². The highest BCUT2D eigenvalue weighted by molar-refractivity contribution is 5.80. The first-order chi connectivity index (χ1) is 9.26. The summed E-state index contributed by atoms with van der Waals surface area (Å²) in [5, 5.41) is 0.